The minimum atomic E-state index is -0.468. The van der Waals surface area contributed by atoms with E-state index >= 15 is 0 Å². The van der Waals surface area contributed by atoms with Crippen molar-refractivity contribution < 1.29 is 9.84 Å². The zero-order valence-corrected chi connectivity index (χ0v) is 9.76. The fraction of sp³-hybridized carbons (Fsp3) is 0.500. The number of hydrogen-bond donors (Lipinski definition) is 1. The molecule has 0 aromatic carbocycles. The minimum Gasteiger partial charge on any atom is -0.386 e. The average molecular weight is 298 g/mol. The first kappa shape index (κ1) is 10.4. The van der Waals surface area contributed by atoms with E-state index in [1.54, 1.807) is 11.3 Å². The predicted molar refractivity (Wildman–Crippen MR) is 58.5 cm³/mol. The van der Waals surface area contributed by atoms with Crippen LogP contribution in [0.2, 0.25) is 0 Å². The Hall–Kier alpha value is 0.350. The third kappa shape index (κ3) is 3.01. The molecule has 1 rings (SSSR count). The van der Waals surface area contributed by atoms with Gasteiger partial charge in [0.25, 0.3) is 0 Å². The van der Waals surface area contributed by atoms with Gasteiger partial charge in [0.1, 0.15) is 6.10 Å². The molecule has 1 N–H and O–H groups in total. The lowest BCUT2D eigenvalue weighted by atomic mass is 10.2. The summed E-state index contributed by atoms with van der Waals surface area (Å²) in [6, 6.07) is 1.98. The Morgan fingerprint density at radius 3 is 3.00 bits per heavy atom. The highest BCUT2D eigenvalue weighted by atomic mass is 127. The zero-order chi connectivity index (χ0) is 8.97. The molecule has 0 aliphatic carbocycles. The summed E-state index contributed by atoms with van der Waals surface area (Å²) >= 11 is 3.88. The summed E-state index contributed by atoms with van der Waals surface area (Å²) in [4.78, 5) is 0. The standard InChI is InChI=1S/C8H11IO2S/c1-2-11-4-7(10)6-3-8(9)12-5-6/h3,5,7,10H,2,4H2,1H3. The summed E-state index contributed by atoms with van der Waals surface area (Å²) in [7, 11) is 0. The molecule has 0 spiro atoms. The molecule has 0 bridgehead atoms. The molecule has 1 aromatic heterocycles. The summed E-state index contributed by atoms with van der Waals surface area (Å²) in [5.74, 6) is 0. The smallest absolute Gasteiger partial charge is 0.103 e. The van der Waals surface area contributed by atoms with Gasteiger partial charge >= 0.3 is 0 Å². The van der Waals surface area contributed by atoms with Crippen molar-refractivity contribution >= 4 is 33.9 Å². The number of hydrogen-bond acceptors (Lipinski definition) is 3. The number of halogens is 1. The van der Waals surface area contributed by atoms with Gasteiger partial charge in [-0.1, -0.05) is 0 Å². The third-order valence-electron chi connectivity index (χ3n) is 1.45. The molecular weight excluding hydrogens is 287 g/mol. The molecule has 2 nitrogen and oxygen atoms in total. The van der Waals surface area contributed by atoms with E-state index in [1.165, 1.54) is 2.88 Å². The Kier molecular flexibility index (Phi) is 4.49. The van der Waals surface area contributed by atoms with Gasteiger partial charge in [-0.25, -0.2) is 0 Å². The van der Waals surface area contributed by atoms with Gasteiger partial charge in [0, 0.05) is 6.61 Å². The van der Waals surface area contributed by atoms with Crippen LogP contribution in [0.5, 0.6) is 0 Å². The molecule has 1 unspecified atom stereocenters. The van der Waals surface area contributed by atoms with Crippen molar-refractivity contribution in [1.82, 2.24) is 0 Å². The van der Waals surface area contributed by atoms with Gasteiger partial charge in [0.2, 0.25) is 0 Å². The lowest BCUT2D eigenvalue weighted by Crippen LogP contribution is -2.05. The first-order valence-corrected chi connectivity index (χ1v) is 5.69. The summed E-state index contributed by atoms with van der Waals surface area (Å²) < 4.78 is 6.30. The molecule has 4 heteroatoms. The zero-order valence-electron chi connectivity index (χ0n) is 6.79. The van der Waals surface area contributed by atoms with Crippen LogP contribution in [0, 0.1) is 2.88 Å². The SMILES string of the molecule is CCOCC(O)c1csc(I)c1. The van der Waals surface area contributed by atoms with Crippen molar-refractivity contribution in [2.45, 2.75) is 13.0 Å². The number of rotatable bonds is 4. The lowest BCUT2D eigenvalue weighted by molar-refractivity contribution is 0.0422. The van der Waals surface area contributed by atoms with Crippen molar-refractivity contribution in [3.8, 4) is 0 Å². The van der Waals surface area contributed by atoms with Crippen LogP contribution in [0.4, 0.5) is 0 Å². The maximum atomic E-state index is 9.54. The van der Waals surface area contributed by atoms with E-state index in [0.29, 0.717) is 13.2 Å². The van der Waals surface area contributed by atoms with E-state index < -0.39 is 6.10 Å². The molecule has 68 valence electrons. The average Bonchev–Trinajstić information content (AvgIpc) is 2.47. The summed E-state index contributed by atoms with van der Waals surface area (Å²) in [5.41, 5.74) is 0.956. The number of aliphatic hydroxyl groups excluding tert-OH is 1. The van der Waals surface area contributed by atoms with Gasteiger partial charge in [-0.3, -0.25) is 0 Å². The fourth-order valence-corrected chi connectivity index (χ4v) is 2.24. The van der Waals surface area contributed by atoms with Crippen LogP contribution < -0.4 is 0 Å². The van der Waals surface area contributed by atoms with Crippen molar-refractivity contribution in [3.05, 3.63) is 19.9 Å². The van der Waals surface area contributed by atoms with Gasteiger partial charge in [-0.15, -0.1) is 11.3 Å². The second-order valence-corrected chi connectivity index (χ2v) is 5.16. The molecule has 0 amide bonds. The van der Waals surface area contributed by atoms with Gasteiger partial charge in [-0.2, -0.15) is 0 Å². The second-order valence-electron chi connectivity index (χ2n) is 2.36. The second kappa shape index (κ2) is 5.16. The predicted octanol–water partition coefficient (Wildman–Crippen LogP) is 2.42. The molecule has 12 heavy (non-hydrogen) atoms. The van der Waals surface area contributed by atoms with E-state index in [0.717, 1.165) is 5.56 Å². The van der Waals surface area contributed by atoms with Crippen molar-refractivity contribution in [1.29, 1.82) is 0 Å². The summed E-state index contributed by atoms with van der Waals surface area (Å²) in [5, 5.41) is 11.5. The van der Waals surface area contributed by atoms with Crippen LogP contribution in [0.25, 0.3) is 0 Å². The first-order chi connectivity index (χ1) is 5.74. The molecule has 1 heterocycles. The maximum absolute atomic E-state index is 9.54. The van der Waals surface area contributed by atoms with Crippen LogP contribution in [0.15, 0.2) is 11.4 Å². The summed E-state index contributed by atoms with van der Waals surface area (Å²) in [6.45, 7) is 2.96. The number of aliphatic hydroxyl groups is 1. The first-order valence-electron chi connectivity index (χ1n) is 3.73. The molecule has 0 radical (unpaired) electrons. The largest absolute Gasteiger partial charge is 0.386 e. The van der Waals surface area contributed by atoms with Gasteiger partial charge in [0.15, 0.2) is 0 Å². The van der Waals surface area contributed by atoms with Gasteiger partial charge < -0.3 is 9.84 Å². The molecular formula is C8H11IO2S. The van der Waals surface area contributed by atoms with Crippen molar-refractivity contribution in [2.24, 2.45) is 0 Å². The highest BCUT2D eigenvalue weighted by Gasteiger charge is 2.08. The molecule has 1 aromatic rings. The van der Waals surface area contributed by atoms with Crippen LogP contribution >= 0.6 is 33.9 Å². The normalized spacial score (nSPS) is 13.2. The van der Waals surface area contributed by atoms with Crippen LogP contribution in [0.3, 0.4) is 0 Å². The van der Waals surface area contributed by atoms with E-state index in [-0.39, 0.29) is 0 Å². The van der Waals surface area contributed by atoms with E-state index in [9.17, 15) is 5.11 Å². The molecule has 0 aliphatic heterocycles. The minimum absolute atomic E-state index is 0.392. The highest BCUT2D eigenvalue weighted by Crippen LogP contribution is 2.22. The van der Waals surface area contributed by atoms with E-state index in [4.69, 9.17) is 4.74 Å². The lowest BCUT2D eigenvalue weighted by Gasteiger charge is -2.07. The molecule has 1 atom stereocenters. The van der Waals surface area contributed by atoms with E-state index in [2.05, 4.69) is 22.6 Å². The summed E-state index contributed by atoms with van der Waals surface area (Å²) in [6.07, 6.45) is -0.468. The van der Waals surface area contributed by atoms with Gasteiger partial charge in [-0.05, 0) is 46.5 Å². The van der Waals surface area contributed by atoms with Crippen molar-refractivity contribution in [3.63, 3.8) is 0 Å². The Morgan fingerprint density at radius 2 is 2.50 bits per heavy atom. The number of ether oxygens (including phenoxy) is 1. The highest BCUT2D eigenvalue weighted by molar-refractivity contribution is 14.1. The van der Waals surface area contributed by atoms with Crippen molar-refractivity contribution in [2.75, 3.05) is 13.2 Å². The third-order valence-corrected chi connectivity index (χ3v) is 3.26. The molecule has 0 saturated carbocycles. The fourth-order valence-electron chi connectivity index (χ4n) is 0.824. The Balaban J connectivity index is 2.47. The Morgan fingerprint density at radius 1 is 1.75 bits per heavy atom. The topological polar surface area (TPSA) is 29.5 Å². The van der Waals surface area contributed by atoms with Gasteiger partial charge in [0.05, 0.1) is 9.49 Å². The Labute approximate surface area is 89.7 Å². The number of thiophene rings is 1. The van der Waals surface area contributed by atoms with Crippen LogP contribution in [-0.2, 0) is 4.74 Å². The van der Waals surface area contributed by atoms with E-state index in [1.807, 2.05) is 18.4 Å². The maximum Gasteiger partial charge on any atom is 0.103 e. The quantitative estimate of drug-likeness (QED) is 0.865. The molecule has 0 aliphatic rings. The molecule has 0 saturated heterocycles. The van der Waals surface area contributed by atoms with Crippen LogP contribution in [0.1, 0.15) is 18.6 Å². The molecule has 0 fully saturated rings. The Bertz CT molecular complexity index is 237. The van der Waals surface area contributed by atoms with Crippen LogP contribution in [-0.4, -0.2) is 18.3 Å². The monoisotopic (exact) mass is 298 g/mol.